The summed E-state index contributed by atoms with van der Waals surface area (Å²) >= 11 is 0. The fourth-order valence-electron chi connectivity index (χ4n) is 4.88. The summed E-state index contributed by atoms with van der Waals surface area (Å²) in [6, 6.07) is 0. The molecule has 22 heteroatoms. The van der Waals surface area contributed by atoms with Crippen molar-refractivity contribution < 1.29 is 19.4 Å². The molecule has 0 bridgehead atoms. The van der Waals surface area contributed by atoms with Crippen LogP contribution in [0.1, 0.15) is 71.6 Å². The zero-order valence-electron chi connectivity index (χ0n) is 28.7. The zero-order valence-corrected chi connectivity index (χ0v) is 28.7. The molecule has 5 rings (SSSR count). The van der Waals surface area contributed by atoms with Crippen LogP contribution in [-0.4, -0.2) is 84.6 Å². The van der Waals surface area contributed by atoms with Gasteiger partial charge >= 0.3 is 5.97 Å². The van der Waals surface area contributed by atoms with Gasteiger partial charge in [0.15, 0.2) is 40.4 Å². The van der Waals surface area contributed by atoms with E-state index in [4.69, 9.17) is 21.9 Å². The van der Waals surface area contributed by atoms with Crippen LogP contribution in [0.4, 0.5) is 40.6 Å². The van der Waals surface area contributed by atoms with E-state index in [2.05, 4.69) is 55.8 Å². The Hall–Kier alpha value is -6.45. The van der Waals surface area contributed by atoms with Gasteiger partial charge in [0.05, 0.1) is 36.5 Å². The predicted octanol–water partition coefficient (Wildman–Crippen LogP) is 2.93. The maximum atomic E-state index is 12.3. The normalized spacial score (nSPS) is 11.7. The molecule has 51 heavy (non-hydrogen) atoms. The molecule has 0 aromatic carbocycles. The van der Waals surface area contributed by atoms with Crippen LogP contribution in [-0.2, 0) is 31.7 Å². The number of hydrogen-bond donors (Lipinski definition) is 4. The van der Waals surface area contributed by atoms with Gasteiger partial charge in [-0.3, -0.25) is 4.79 Å². The van der Waals surface area contributed by atoms with Crippen LogP contribution in [0.3, 0.4) is 0 Å². The minimum Gasteiger partial charge on any atom is -0.465 e. The summed E-state index contributed by atoms with van der Waals surface area (Å²) in [5.74, 6) is -1.14. The number of aliphatic hydroxyl groups is 1. The first-order valence-corrected chi connectivity index (χ1v) is 15.9. The summed E-state index contributed by atoms with van der Waals surface area (Å²) in [6.45, 7) is 3.33. The average Bonchev–Trinajstić information content (AvgIpc) is 3.86. The van der Waals surface area contributed by atoms with Crippen molar-refractivity contribution in [2.24, 2.45) is 34.6 Å². The van der Waals surface area contributed by atoms with Gasteiger partial charge in [-0.05, 0) is 25.7 Å². The number of ketones is 1. The standard InChI is InChI=1S/C29H38N18O4/c1-6-8-10-17-20(38-40-24-15(19(49)14-48)12-33-44(24)3)22(30)46(42-17)28-35-27(32)36-29(37-28)47-23(31)21(18(43-47)11-9-7-2)39-41-25-16(26(50)51-5)13-34-45(25)4/h12-13,48H,6-11,14,30-31H2,1-5H3,(H2,32,35,36,37)/b40-38+,41-39+. The topological polar surface area (TPSA) is 301 Å². The first-order chi connectivity index (χ1) is 24.5. The van der Waals surface area contributed by atoms with E-state index in [1.165, 1.54) is 38.2 Å². The molecule has 268 valence electrons. The summed E-state index contributed by atoms with van der Waals surface area (Å²) in [6.07, 6.45) is 6.84. The molecule has 0 radical (unpaired) electrons. The molecule has 0 saturated carbocycles. The highest BCUT2D eigenvalue weighted by atomic mass is 16.5. The van der Waals surface area contributed by atoms with Crippen LogP contribution in [0, 0.1) is 0 Å². The Balaban J connectivity index is 1.58. The lowest BCUT2D eigenvalue weighted by Gasteiger charge is -2.07. The average molecular weight is 703 g/mol. The van der Waals surface area contributed by atoms with Crippen LogP contribution in [0.25, 0.3) is 11.9 Å². The van der Waals surface area contributed by atoms with E-state index in [9.17, 15) is 14.7 Å². The lowest BCUT2D eigenvalue weighted by atomic mass is 10.2. The number of nitrogens with zero attached hydrogens (tertiary/aromatic N) is 15. The number of aromatic nitrogens is 11. The number of ether oxygens (including phenoxy) is 1. The van der Waals surface area contributed by atoms with E-state index in [-0.39, 0.29) is 63.6 Å². The fraction of sp³-hybridized carbons (Fsp3) is 0.414. The van der Waals surface area contributed by atoms with E-state index in [0.29, 0.717) is 24.2 Å². The number of aliphatic hydroxyl groups excluding tert-OH is 1. The highest BCUT2D eigenvalue weighted by molar-refractivity contribution is 6.00. The number of methoxy groups -OCH3 is 1. The Morgan fingerprint density at radius 1 is 0.765 bits per heavy atom. The summed E-state index contributed by atoms with van der Waals surface area (Å²) in [7, 11) is 4.45. The van der Waals surface area contributed by atoms with Gasteiger partial charge in [-0.25, -0.2) is 14.2 Å². The number of anilines is 3. The van der Waals surface area contributed by atoms with Crippen LogP contribution in [0.5, 0.6) is 0 Å². The number of aryl methyl sites for hydroxylation is 4. The van der Waals surface area contributed by atoms with Crippen molar-refractivity contribution in [3.63, 3.8) is 0 Å². The molecule has 5 aromatic heterocycles. The zero-order chi connectivity index (χ0) is 36.8. The third-order valence-electron chi connectivity index (χ3n) is 7.63. The Morgan fingerprint density at radius 2 is 1.24 bits per heavy atom. The number of carbonyl (C=O) groups excluding carboxylic acids is 2. The molecule has 0 saturated heterocycles. The summed E-state index contributed by atoms with van der Waals surface area (Å²) in [5, 5.41) is 44.0. The lowest BCUT2D eigenvalue weighted by molar-refractivity contribution is 0.0601. The minimum atomic E-state index is -0.717. The first-order valence-electron chi connectivity index (χ1n) is 15.9. The maximum Gasteiger partial charge on any atom is 0.343 e. The van der Waals surface area contributed by atoms with Crippen molar-refractivity contribution in [2.45, 2.75) is 52.4 Å². The Morgan fingerprint density at radius 3 is 1.69 bits per heavy atom. The Kier molecular flexibility index (Phi) is 10.8. The smallest absolute Gasteiger partial charge is 0.343 e. The molecule has 0 aliphatic carbocycles. The number of unbranched alkanes of at least 4 members (excludes halogenated alkanes) is 2. The fourth-order valence-corrected chi connectivity index (χ4v) is 4.88. The molecule has 5 heterocycles. The monoisotopic (exact) mass is 702 g/mol. The van der Waals surface area contributed by atoms with Crippen LogP contribution < -0.4 is 17.2 Å². The molecule has 0 atom stereocenters. The largest absolute Gasteiger partial charge is 0.465 e. The number of nitrogen functional groups attached to an aromatic ring is 3. The van der Waals surface area contributed by atoms with Crippen molar-refractivity contribution in [1.29, 1.82) is 0 Å². The highest BCUT2D eigenvalue weighted by Gasteiger charge is 2.24. The molecule has 7 N–H and O–H groups in total. The number of nitrogens with two attached hydrogens (primary N) is 3. The summed E-state index contributed by atoms with van der Waals surface area (Å²) in [4.78, 5) is 37.5. The summed E-state index contributed by atoms with van der Waals surface area (Å²) in [5.41, 5.74) is 20.9. The van der Waals surface area contributed by atoms with Crippen molar-refractivity contribution >= 4 is 52.3 Å². The van der Waals surface area contributed by atoms with Crippen molar-refractivity contribution in [2.75, 3.05) is 30.9 Å². The number of hydrogen-bond acceptors (Lipinski definition) is 18. The van der Waals surface area contributed by atoms with Gasteiger partial charge < -0.3 is 27.0 Å². The second-order valence-electron chi connectivity index (χ2n) is 11.2. The van der Waals surface area contributed by atoms with E-state index < -0.39 is 18.4 Å². The van der Waals surface area contributed by atoms with E-state index in [0.717, 1.165) is 25.7 Å². The molecule has 0 aliphatic heterocycles. The number of rotatable bonds is 15. The van der Waals surface area contributed by atoms with Gasteiger partial charge in [-0.2, -0.15) is 44.7 Å². The Labute approximate surface area is 290 Å². The predicted molar refractivity (Wildman–Crippen MR) is 182 cm³/mol. The molecule has 5 aromatic rings. The molecular weight excluding hydrogens is 664 g/mol. The van der Waals surface area contributed by atoms with Gasteiger partial charge in [0.1, 0.15) is 12.2 Å². The second kappa shape index (κ2) is 15.4. The second-order valence-corrected chi connectivity index (χ2v) is 11.2. The molecule has 22 nitrogen and oxygen atoms in total. The lowest BCUT2D eigenvalue weighted by Crippen LogP contribution is -2.15. The van der Waals surface area contributed by atoms with Crippen LogP contribution in [0.2, 0.25) is 0 Å². The number of carbonyl (C=O) groups is 2. The number of esters is 1. The van der Waals surface area contributed by atoms with Crippen molar-refractivity contribution in [3.8, 4) is 11.9 Å². The quantitative estimate of drug-likeness (QED) is 0.0693. The number of Topliss-reactive ketones (excluding diaryl/α,β-unsaturated/α-hetero) is 1. The van der Waals surface area contributed by atoms with Gasteiger partial charge in [0, 0.05) is 14.1 Å². The Bertz CT molecular complexity index is 1980. The van der Waals surface area contributed by atoms with Crippen LogP contribution in [0.15, 0.2) is 32.9 Å². The van der Waals surface area contributed by atoms with Crippen molar-refractivity contribution in [1.82, 2.24) is 54.1 Å². The van der Waals surface area contributed by atoms with Gasteiger partial charge in [-0.15, -0.1) is 20.5 Å². The SMILES string of the molecule is CCCCc1nn(-c2nc(N)nc(-n3nc(CCCC)c(/N=N/c4c(C(=O)OC)cnn4C)c3N)n2)c(N)c1/N=N/c1c(C(=O)CO)cnn1C. The first kappa shape index (κ1) is 35.8. The third kappa shape index (κ3) is 7.29. The molecule has 0 amide bonds. The van der Waals surface area contributed by atoms with Gasteiger partial charge in [0.2, 0.25) is 5.95 Å². The van der Waals surface area contributed by atoms with Crippen LogP contribution >= 0.6 is 0 Å². The maximum absolute atomic E-state index is 12.3. The van der Waals surface area contributed by atoms with Gasteiger partial charge in [0.25, 0.3) is 11.9 Å². The molecule has 0 aliphatic rings. The molecule has 0 unspecified atom stereocenters. The van der Waals surface area contributed by atoms with Gasteiger partial charge in [-0.1, -0.05) is 26.7 Å². The highest BCUT2D eigenvalue weighted by Crippen LogP contribution is 2.34. The minimum absolute atomic E-state index is 0.0303. The van der Waals surface area contributed by atoms with Crippen molar-refractivity contribution in [3.05, 3.63) is 34.9 Å². The molecule has 0 fully saturated rings. The summed E-state index contributed by atoms with van der Waals surface area (Å²) < 4.78 is 10.1. The van der Waals surface area contributed by atoms with E-state index in [1.807, 2.05) is 13.8 Å². The molecular formula is C29H38N18O4. The van der Waals surface area contributed by atoms with E-state index >= 15 is 0 Å². The van der Waals surface area contributed by atoms with E-state index in [1.54, 1.807) is 14.1 Å². The molecule has 0 spiro atoms. The number of azo groups is 2. The third-order valence-corrected chi connectivity index (χ3v) is 7.63.